The van der Waals surface area contributed by atoms with E-state index in [4.69, 9.17) is 4.74 Å². The molecule has 0 spiro atoms. The summed E-state index contributed by atoms with van der Waals surface area (Å²) in [4.78, 5) is 36.7. The molecule has 1 atom stereocenters. The first-order valence-electron chi connectivity index (χ1n) is 13.5. The largest absolute Gasteiger partial charge is 0.442 e. The predicted molar refractivity (Wildman–Crippen MR) is 159 cm³/mol. The molecule has 3 aromatic rings. The van der Waals surface area contributed by atoms with Crippen molar-refractivity contribution in [2.45, 2.75) is 63.4 Å². The number of ether oxygens (including phenoxy) is 1. The van der Waals surface area contributed by atoms with Crippen LogP contribution < -0.4 is 10.2 Å². The molecule has 42 heavy (non-hydrogen) atoms. The Kier molecular flexibility index (Phi) is 8.95. The number of rotatable bonds is 5. The first-order chi connectivity index (χ1) is 19.7. The van der Waals surface area contributed by atoms with Crippen LogP contribution in [-0.2, 0) is 14.5 Å². The Balaban J connectivity index is 1.71. The summed E-state index contributed by atoms with van der Waals surface area (Å²) in [6.45, 7) is 7.21. The number of anilines is 2. The van der Waals surface area contributed by atoms with E-state index in [1.807, 2.05) is 0 Å². The summed E-state index contributed by atoms with van der Waals surface area (Å²) in [5, 5.41) is 2.84. The Morgan fingerprint density at radius 2 is 1.83 bits per heavy atom. The molecule has 12 heteroatoms. The van der Waals surface area contributed by atoms with Gasteiger partial charge in [0.15, 0.2) is 0 Å². The fourth-order valence-electron chi connectivity index (χ4n) is 4.68. The monoisotopic (exact) mass is 599 g/mol. The number of hydrogen-bond acceptors (Lipinski definition) is 7. The number of nitrogens with zero attached hydrogens (tertiary/aromatic N) is 4. The molecule has 2 aromatic heterocycles. The van der Waals surface area contributed by atoms with Gasteiger partial charge in [-0.05, 0) is 75.6 Å². The zero-order valence-electron chi connectivity index (χ0n) is 24.3. The number of carbonyl (C=O) groups is 2. The van der Waals surface area contributed by atoms with Gasteiger partial charge >= 0.3 is 6.09 Å². The maximum Gasteiger partial charge on any atom is 0.442 e. The minimum absolute atomic E-state index is 0.0495. The van der Waals surface area contributed by atoms with Crippen LogP contribution in [0.4, 0.5) is 25.1 Å². The fourth-order valence-corrected chi connectivity index (χ4v) is 5.78. The molecule has 224 valence electrons. The molecule has 3 heterocycles. The topological polar surface area (TPSA) is 114 Å². The molecule has 9 nitrogen and oxygen atoms in total. The minimum Gasteiger partial charge on any atom is -0.442 e. The van der Waals surface area contributed by atoms with Crippen LogP contribution in [0.15, 0.2) is 64.2 Å². The summed E-state index contributed by atoms with van der Waals surface area (Å²) in [5.74, 6) is -2.97. The van der Waals surface area contributed by atoms with Crippen molar-refractivity contribution in [3.63, 3.8) is 0 Å². The molecule has 2 amide bonds. The number of nitrogens with one attached hydrogen (secondary N) is 1. The molecule has 1 aliphatic heterocycles. The summed E-state index contributed by atoms with van der Waals surface area (Å²) >= 11 is 0. The second-order valence-electron chi connectivity index (χ2n) is 11.3. The van der Waals surface area contributed by atoms with Crippen LogP contribution in [0.5, 0.6) is 0 Å². The van der Waals surface area contributed by atoms with E-state index in [1.165, 1.54) is 12.3 Å². The van der Waals surface area contributed by atoms with E-state index >= 15 is 0 Å². The Bertz CT molecular complexity index is 1600. The van der Waals surface area contributed by atoms with Crippen molar-refractivity contribution < 1.29 is 27.3 Å². The minimum atomic E-state index is -3.19. The van der Waals surface area contributed by atoms with E-state index in [-0.39, 0.29) is 36.3 Å². The van der Waals surface area contributed by atoms with Crippen molar-refractivity contribution in [1.82, 2.24) is 9.97 Å². The molecule has 0 saturated carbocycles. The number of benzene rings is 1. The van der Waals surface area contributed by atoms with Gasteiger partial charge in [0.1, 0.15) is 11.4 Å². The van der Waals surface area contributed by atoms with E-state index in [0.717, 1.165) is 5.56 Å². The van der Waals surface area contributed by atoms with Crippen molar-refractivity contribution in [2.24, 2.45) is 4.36 Å². The molecule has 1 unspecified atom stereocenters. The maximum atomic E-state index is 14.2. The third kappa shape index (κ3) is 7.67. The average molecular weight is 600 g/mol. The van der Waals surface area contributed by atoms with Crippen molar-refractivity contribution in [2.75, 3.05) is 29.6 Å². The summed E-state index contributed by atoms with van der Waals surface area (Å²) in [7, 11) is -3.19. The number of amides is 2. The van der Waals surface area contributed by atoms with Gasteiger partial charge in [0.2, 0.25) is 5.92 Å². The maximum absolute atomic E-state index is 14.2. The van der Waals surface area contributed by atoms with Gasteiger partial charge in [0.25, 0.3) is 5.91 Å². The van der Waals surface area contributed by atoms with Crippen molar-refractivity contribution in [3.8, 4) is 11.1 Å². The predicted octanol–water partition coefficient (Wildman–Crippen LogP) is 6.72. The normalized spacial score (nSPS) is 16.6. The van der Waals surface area contributed by atoms with Crippen LogP contribution >= 0.6 is 0 Å². The Labute approximate surface area is 244 Å². The van der Waals surface area contributed by atoms with Crippen LogP contribution in [0.1, 0.15) is 56.0 Å². The highest BCUT2D eigenvalue weighted by atomic mass is 32.2. The van der Waals surface area contributed by atoms with E-state index in [2.05, 4.69) is 19.6 Å². The quantitative estimate of drug-likeness (QED) is 0.346. The van der Waals surface area contributed by atoms with Crippen molar-refractivity contribution >= 4 is 33.2 Å². The number of pyridine rings is 2. The molecule has 1 aliphatic rings. The molecular formula is C30H35F2N5O4S. The highest BCUT2D eigenvalue weighted by molar-refractivity contribution is 7.93. The smallest absolute Gasteiger partial charge is 0.442 e. The molecule has 1 saturated heterocycles. The van der Waals surface area contributed by atoms with Crippen LogP contribution in [0.2, 0.25) is 0 Å². The van der Waals surface area contributed by atoms with Crippen LogP contribution in [0.3, 0.4) is 0 Å². The molecule has 1 N–H and O–H groups in total. The number of aromatic nitrogens is 2. The first-order valence-corrected chi connectivity index (χ1v) is 15.5. The third-order valence-electron chi connectivity index (χ3n) is 6.73. The number of halogens is 2. The lowest BCUT2D eigenvalue weighted by molar-refractivity contribution is -0.0102. The van der Waals surface area contributed by atoms with Crippen molar-refractivity contribution in [1.29, 1.82) is 0 Å². The Morgan fingerprint density at radius 1 is 1.12 bits per heavy atom. The zero-order chi connectivity index (χ0) is 30.7. The Morgan fingerprint density at radius 3 is 2.52 bits per heavy atom. The summed E-state index contributed by atoms with van der Waals surface area (Å²) in [6.07, 6.45) is 4.97. The van der Waals surface area contributed by atoms with Crippen LogP contribution in [-0.4, -0.2) is 57.0 Å². The van der Waals surface area contributed by atoms with Gasteiger partial charge in [-0.3, -0.25) is 9.78 Å². The lowest BCUT2D eigenvalue weighted by Crippen LogP contribution is -2.30. The van der Waals surface area contributed by atoms with Gasteiger partial charge in [0.05, 0.1) is 15.3 Å². The van der Waals surface area contributed by atoms with E-state index in [1.54, 1.807) is 81.5 Å². The zero-order valence-corrected chi connectivity index (χ0v) is 25.1. The summed E-state index contributed by atoms with van der Waals surface area (Å²) < 4.78 is 50.6. The summed E-state index contributed by atoms with van der Waals surface area (Å²) in [6, 6.07) is 9.84. The van der Waals surface area contributed by atoms with Crippen LogP contribution in [0, 0.1) is 6.92 Å². The van der Waals surface area contributed by atoms with Crippen molar-refractivity contribution in [3.05, 3.63) is 66.1 Å². The van der Waals surface area contributed by atoms with Gasteiger partial charge in [0, 0.05) is 66.9 Å². The van der Waals surface area contributed by atoms with Gasteiger partial charge in [-0.25, -0.2) is 22.8 Å². The molecule has 4 rings (SSSR count). The molecule has 1 aromatic carbocycles. The molecular weight excluding hydrogens is 564 g/mol. The lowest BCUT2D eigenvalue weighted by atomic mass is 9.98. The number of alkyl halides is 2. The third-order valence-corrected chi connectivity index (χ3v) is 8.35. The molecule has 0 radical (unpaired) electrons. The molecule has 1 fully saturated rings. The van der Waals surface area contributed by atoms with E-state index in [9.17, 15) is 22.6 Å². The Hall–Kier alpha value is -3.93. The van der Waals surface area contributed by atoms with Crippen LogP contribution in [0.25, 0.3) is 11.1 Å². The summed E-state index contributed by atoms with van der Waals surface area (Å²) in [5.41, 5.74) is 1.88. The van der Waals surface area contributed by atoms with E-state index in [0.29, 0.717) is 29.2 Å². The standard InChI is InChI=1S/C30H35F2N5O4S/c1-20-24(21-10-14-33-15-11-21)19-34-26(37-16-7-12-30(31,32)13-17-37)25(20)27(38)35-22-8-6-9-23(18-22)42(5,40)36-28(39)41-29(2,3)4/h6,8-11,14-15,18-19H,7,12-13,16-17H2,1-5H3,(H,35,38). The fraction of sp³-hybridized carbons (Fsp3) is 0.400. The van der Waals surface area contributed by atoms with Gasteiger partial charge < -0.3 is 15.0 Å². The number of carbonyl (C=O) groups excluding carboxylic acids is 2. The number of hydrogen-bond donors (Lipinski definition) is 1. The molecule has 0 aliphatic carbocycles. The second kappa shape index (κ2) is 12.1. The van der Waals surface area contributed by atoms with E-state index < -0.39 is 33.3 Å². The highest BCUT2D eigenvalue weighted by Crippen LogP contribution is 2.34. The molecule has 0 bridgehead atoms. The first kappa shape index (κ1) is 31.0. The lowest BCUT2D eigenvalue weighted by Gasteiger charge is -2.26. The highest BCUT2D eigenvalue weighted by Gasteiger charge is 2.33. The van der Waals surface area contributed by atoms with Gasteiger partial charge in [-0.1, -0.05) is 6.07 Å². The average Bonchev–Trinajstić information content (AvgIpc) is 3.07. The SMILES string of the molecule is Cc1c(-c2ccncc2)cnc(N2CCCC(F)(F)CC2)c1C(=O)Nc1cccc(S(C)(=O)=NC(=O)OC(C)(C)C)c1. The van der Waals surface area contributed by atoms with Gasteiger partial charge in [-0.15, -0.1) is 4.36 Å². The second-order valence-corrected chi connectivity index (χ2v) is 13.5. The van der Waals surface area contributed by atoms with Gasteiger partial charge in [-0.2, -0.15) is 0 Å².